The van der Waals surface area contributed by atoms with E-state index < -0.39 is 0 Å². The maximum atomic E-state index is 4.76. The second-order valence-corrected chi connectivity index (χ2v) is 6.51. The van der Waals surface area contributed by atoms with Crippen LogP contribution in [0.1, 0.15) is 44.6 Å². The summed E-state index contributed by atoms with van der Waals surface area (Å²) in [5.41, 5.74) is 4.23. The van der Waals surface area contributed by atoms with Crippen molar-refractivity contribution in [3.05, 3.63) is 47.6 Å². The number of aliphatic imine (C=N–C) groups is 1. The van der Waals surface area contributed by atoms with Crippen LogP contribution in [-0.2, 0) is 0 Å². The summed E-state index contributed by atoms with van der Waals surface area (Å²) in [6, 6.07) is 6.52. The van der Waals surface area contributed by atoms with E-state index in [1.807, 2.05) is 27.1 Å². The Morgan fingerprint density at radius 2 is 2.12 bits per heavy atom. The maximum absolute atomic E-state index is 4.76. The second-order valence-electron chi connectivity index (χ2n) is 6.51. The molecule has 0 aliphatic carbocycles. The summed E-state index contributed by atoms with van der Waals surface area (Å²) in [6.07, 6.45) is 5.10. The summed E-state index contributed by atoms with van der Waals surface area (Å²) in [4.78, 5) is 12.2. The van der Waals surface area contributed by atoms with Crippen LogP contribution in [0.15, 0.2) is 41.2 Å². The zero-order chi connectivity index (χ0) is 18.4. The Bertz CT molecular complexity index is 782. The van der Waals surface area contributed by atoms with Crippen LogP contribution < -0.4 is 10.6 Å². The van der Waals surface area contributed by atoms with Crippen LogP contribution >= 0.6 is 0 Å². The summed E-state index contributed by atoms with van der Waals surface area (Å²) in [5, 5.41) is 6.39. The molecule has 5 heteroatoms. The molecule has 0 bridgehead atoms. The van der Waals surface area contributed by atoms with Gasteiger partial charge < -0.3 is 15.6 Å². The van der Waals surface area contributed by atoms with Crippen molar-refractivity contribution >= 4 is 23.3 Å². The van der Waals surface area contributed by atoms with Gasteiger partial charge in [-0.15, -0.1) is 0 Å². The van der Waals surface area contributed by atoms with E-state index in [0.29, 0.717) is 5.92 Å². The van der Waals surface area contributed by atoms with Gasteiger partial charge in [0.15, 0.2) is 0 Å². The van der Waals surface area contributed by atoms with Crippen molar-refractivity contribution in [2.75, 3.05) is 14.1 Å². The molecule has 0 unspecified atom stereocenters. The second kappa shape index (κ2) is 8.62. The molecule has 2 rings (SSSR count). The van der Waals surface area contributed by atoms with Crippen molar-refractivity contribution < 1.29 is 0 Å². The molecule has 3 N–H and O–H groups in total. The van der Waals surface area contributed by atoms with Crippen molar-refractivity contribution in [2.45, 2.75) is 33.2 Å². The highest BCUT2D eigenvalue weighted by atomic mass is 15.0. The number of hydrogen-bond acceptors (Lipinski definition) is 4. The fraction of sp³-hybridized carbons (Fsp3) is 0.400. The van der Waals surface area contributed by atoms with Crippen molar-refractivity contribution in [1.82, 2.24) is 20.6 Å². The van der Waals surface area contributed by atoms with Gasteiger partial charge in [-0.3, -0.25) is 0 Å². The van der Waals surface area contributed by atoms with Gasteiger partial charge in [-0.05, 0) is 62.4 Å². The van der Waals surface area contributed by atoms with E-state index in [1.165, 1.54) is 0 Å². The monoisotopic (exact) mass is 339 g/mol. The molecule has 1 aromatic heterocycles. The molecule has 25 heavy (non-hydrogen) atoms. The topological polar surface area (TPSA) is 65.1 Å². The van der Waals surface area contributed by atoms with E-state index in [2.05, 4.69) is 65.5 Å². The quantitative estimate of drug-likeness (QED) is 0.502. The molecular weight excluding hydrogens is 310 g/mol. The molecule has 0 fully saturated rings. The Morgan fingerprint density at radius 3 is 2.68 bits per heavy atom. The molecule has 1 heterocycles. The van der Waals surface area contributed by atoms with E-state index in [1.54, 1.807) is 0 Å². The largest absolute Gasteiger partial charge is 0.373 e. The third kappa shape index (κ3) is 4.57. The number of fused-ring (bicyclic) bond motifs is 1. The Hall–Kier alpha value is -2.40. The Kier molecular flexibility index (Phi) is 6.53. The van der Waals surface area contributed by atoms with E-state index in [0.717, 1.165) is 40.2 Å². The summed E-state index contributed by atoms with van der Waals surface area (Å²) in [5.74, 6) is 2.34. The Labute approximate surface area is 150 Å². The first kappa shape index (κ1) is 18.9. The van der Waals surface area contributed by atoms with Crippen molar-refractivity contribution in [2.24, 2.45) is 10.9 Å². The molecule has 0 saturated heterocycles. The molecule has 0 radical (unpaired) electrons. The van der Waals surface area contributed by atoms with Gasteiger partial charge in [0.25, 0.3) is 0 Å². The third-order valence-corrected chi connectivity index (χ3v) is 4.25. The Balaban J connectivity index is 2.39. The number of aromatic amines is 1. The van der Waals surface area contributed by atoms with Gasteiger partial charge in [-0.2, -0.15) is 0 Å². The minimum absolute atomic E-state index is 0.234. The standard InChI is InChI=1S/C20H29N5/c1-7-14(12-19(22-5)23-6)15-8-9-16-17(11-15)25-20(24-16)18(21-4)10-13(2)3/h7-9,11-13,18,21,23H,5,10H2,1-4,6H3,(H,24,25)/b14-7+,19-12+/t18-/m1/s1. The zero-order valence-corrected chi connectivity index (χ0v) is 15.9. The lowest BCUT2D eigenvalue weighted by molar-refractivity contribution is 0.443. The van der Waals surface area contributed by atoms with Crippen LogP contribution in [0, 0.1) is 5.92 Å². The molecule has 134 valence electrons. The van der Waals surface area contributed by atoms with Crippen LogP contribution in [0.3, 0.4) is 0 Å². The Morgan fingerprint density at radius 1 is 1.36 bits per heavy atom. The van der Waals surface area contributed by atoms with Crippen molar-refractivity contribution in [1.29, 1.82) is 0 Å². The zero-order valence-electron chi connectivity index (χ0n) is 15.9. The van der Waals surface area contributed by atoms with Crippen molar-refractivity contribution in [3.63, 3.8) is 0 Å². The van der Waals surface area contributed by atoms with Crippen LogP contribution in [-0.4, -0.2) is 30.8 Å². The summed E-state index contributed by atoms with van der Waals surface area (Å²) in [6.45, 7) is 10.1. The van der Waals surface area contributed by atoms with E-state index in [-0.39, 0.29) is 6.04 Å². The average Bonchev–Trinajstić information content (AvgIpc) is 3.03. The first-order valence-electron chi connectivity index (χ1n) is 8.72. The van der Waals surface area contributed by atoms with Crippen LogP contribution in [0.5, 0.6) is 0 Å². The number of rotatable bonds is 8. The molecular formula is C20H29N5. The highest BCUT2D eigenvalue weighted by Crippen LogP contribution is 2.25. The lowest BCUT2D eigenvalue weighted by atomic mass is 10.0. The van der Waals surface area contributed by atoms with Gasteiger partial charge >= 0.3 is 0 Å². The maximum Gasteiger partial charge on any atom is 0.125 e. The number of aromatic nitrogens is 2. The molecule has 2 aromatic rings. The lowest BCUT2D eigenvalue weighted by Crippen LogP contribution is -2.19. The highest BCUT2D eigenvalue weighted by Gasteiger charge is 2.15. The SMILES string of the molecule is C=N/C(=C\C(=C/C)c1ccc2nc([C@@H](CC(C)C)NC)[nH]c2c1)NC. The van der Waals surface area contributed by atoms with Gasteiger partial charge in [-0.25, -0.2) is 9.98 Å². The number of nitrogens with zero attached hydrogens (tertiary/aromatic N) is 2. The summed E-state index contributed by atoms with van der Waals surface area (Å²) >= 11 is 0. The smallest absolute Gasteiger partial charge is 0.125 e. The first-order chi connectivity index (χ1) is 12.0. The molecule has 1 atom stereocenters. The highest BCUT2D eigenvalue weighted by molar-refractivity contribution is 5.83. The molecule has 0 amide bonds. The number of H-pyrrole nitrogens is 1. The molecule has 0 aliphatic heterocycles. The number of benzene rings is 1. The summed E-state index contributed by atoms with van der Waals surface area (Å²) in [7, 11) is 3.82. The van der Waals surface area contributed by atoms with E-state index in [9.17, 15) is 0 Å². The molecule has 1 aromatic carbocycles. The number of nitrogens with one attached hydrogen (secondary N) is 3. The summed E-state index contributed by atoms with van der Waals surface area (Å²) < 4.78 is 0. The fourth-order valence-electron chi connectivity index (χ4n) is 2.89. The molecule has 5 nitrogen and oxygen atoms in total. The molecule has 0 aliphatic rings. The predicted octanol–water partition coefficient (Wildman–Crippen LogP) is 4.03. The molecule has 0 saturated carbocycles. The number of imidazole rings is 1. The van der Waals surface area contributed by atoms with Gasteiger partial charge in [0.2, 0.25) is 0 Å². The predicted molar refractivity (Wildman–Crippen MR) is 108 cm³/mol. The van der Waals surface area contributed by atoms with Crippen LogP contribution in [0.2, 0.25) is 0 Å². The first-order valence-corrected chi connectivity index (χ1v) is 8.72. The van der Waals surface area contributed by atoms with Gasteiger partial charge in [0.1, 0.15) is 11.6 Å². The normalized spacial score (nSPS) is 14.2. The van der Waals surface area contributed by atoms with E-state index in [4.69, 9.17) is 4.98 Å². The van der Waals surface area contributed by atoms with Gasteiger partial charge in [0.05, 0.1) is 17.1 Å². The van der Waals surface area contributed by atoms with Crippen molar-refractivity contribution in [3.8, 4) is 0 Å². The van der Waals surface area contributed by atoms with Crippen LogP contribution in [0.4, 0.5) is 0 Å². The van der Waals surface area contributed by atoms with E-state index >= 15 is 0 Å². The van der Waals surface area contributed by atoms with Gasteiger partial charge in [0, 0.05) is 7.05 Å². The fourth-order valence-corrected chi connectivity index (χ4v) is 2.89. The third-order valence-electron chi connectivity index (χ3n) is 4.25. The number of allylic oxidation sites excluding steroid dienone is 3. The average molecular weight is 339 g/mol. The van der Waals surface area contributed by atoms with Gasteiger partial charge in [-0.1, -0.05) is 26.0 Å². The minimum atomic E-state index is 0.234. The van der Waals surface area contributed by atoms with Crippen LogP contribution in [0.25, 0.3) is 16.6 Å². The minimum Gasteiger partial charge on any atom is -0.373 e. The molecule has 0 spiro atoms. The lowest BCUT2D eigenvalue weighted by Gasteiger charge is -2.15. The number of hydrogen-bond donors (Lipinski definition) is 3.